The number of ether oxygens (including phenoxy) is 1. The first-order valence-electron chi connectivity index (χ1n) is 4.69. The van der Waals surface area contributed by atoms with Crippen molar-refractivity contribution in [1.82, 2.24) is 0 Å². The second-order valence-corrected chi connectivity index (χ2v) is 4.04. The monoisotopic (exact) mass is 226 g/mol. The topological polar surface area (TPSA) is 46.5 Å². The van der Waals surface area contributed by atoms with Crippen LogP contribution >= 0.6 is 11.8 Å². The lowest BCUT2D eigenvalue weighted by Gasteiger charge is -2.08. The van der Waals surface area contributed by atoms with Crippen LogP contribution < -0.4 is 4.74 Å². The number of rotatable bonds is 5. The molecule has 0 atom stereocenters. The molecule has 82 valence electrons. The van der Waals surface area contributed by atoms with E-state index in [1.165, 1.54) is 17.3 Å². The number of hydrogen-bond donors (Lipinski definition) is 1. The van der Waals surface area contributed by atoms with Crippen molar-refractivity contribution < 1.29 is 14.6 Å². The number of thioether (sulfide) groups is 1. The molecule has 1 N–H and O–H groups in total. The average molecular weight is 226 g/mol. The largest absolute Gasteiger partial charge is 0.496 e. The SMILES string of the molecule is CCc1ccc(OC)c(SCC(=O)O)c1. The number of benzene rings is 1. The van der Waals surface area contributed by atoms with E-state index in [1.807, 2.05) is 18.2 Å². The molecule has 1 aromatic rings. The van der Waals surface area contributed by atoms with Crippen LogP contribution in [-0.4, -0.2) is 23.9 Å². The smallest absolute Gasteiger partial charge is 0.313 e. The van der Waals surface area contributed by atoms with E-state index in [1.54, 1.807) is 7.11 Å². The lowest BCUT2D eigenvalue weighted by molar-refractivity contribution is -0.133. The summed E-state index contributed by atoms with van der Waals surface area (Å²) in [4.78, 5) is 11.4. The van der Waals surface area contributed by atoms with Gasteiger partial charge in [-0.1, -0.05) is 13.0 Å². The second kappa shape index (κ2) is 5.66. The predicted octanol–water partition coefficient (Wildman–Crippen LogP) is 2.43. The Morgan fingerprint density at radius 1 is 1.53 bits per heavy atom. The third-order valence-corrected chi connectivity index (χ3v) is 3.01. The van der Waals surface area contributed by atoms with Gasteiger partial charge in [0, 0.05) is 0 Å². The molecule has 0 radical (unpaired) electrons. The highest BCUT2D eigenvalue weighted by molar-refractivity contribution is 8.00. The van der Waals surface area contributed by atoms with E-state index in [-0.39, 0.29) is 5.75 Å². The van der Waals surface area contributed by atoms with Crippen molar-refractivity contribution in [2.75, 3.05) is 12.9 Å². The summed E-state index contributed by atoms with van der Waals surface area (Å²) in [6.45, 7) is 2.06. The molecule has 0 aliphatic heterocycles. The zero-order valence-electron chi connectivity index (χ0n) is 8.82. The Labute approximate surface area is 93.4 Å². The molecule has 0 unspecified atom stereocenters. The fraction of sp³-hybridized carbons (Fsp3) is 0.364. The molecule has 0 aromatic heterocycles. The van der Waals surface area contributed by atoms with Crippen LogP contribution in [0.25, 0.3) is 0 Å². The van der Waals surface area contributed by atoms with Gasteiger partial charge in [-0.3, -0.25) is 4.79 Å². The summed E-state index contributed by atoms with van der Waals surface area (Å²) in [5.41, 5.74) is 1.18. The summed E-state index contributed by atoms with van der Waals surface area (Å²) < 4.78 is 5.16. The molecule has 0 aliphatic rings. The lowest BCUT2D eigenvalue weighted by Crippen LogP contribution is -1.98. The van der Waals surface area contributed by atoms with E-state index in [4.69, 9.17) is 9.84 Å². The number of aliphatic carboxylic acids is 1. The number of methoxy groups -OCH3 is 1. The first kappa shape index (κ1) is 11.9. The Hall–Kier alpha value is -1.16. The highest BCUT2D eigenvalue weighted by Crippen LogP contribution is 2.30. The standard InChI is InChI=1S/C11H14O3S/c1-3-8-4-5-9(14-2)10(6-8)15-7-11(12)13/h4-6H,3,7H2,1-2H3,(H,12,13). The van der Waals surface area contributed by atoms with E-state index in [2.05, 4.69) is 6.92 Å². The van der Waals surface area contributed by atoms with Gasteiger partial charge in [0.1, 0.15) is 5.75 Å². The summed E-state index contributed by atoms with van der Waals surface area (Å²) in [6, 6.07) is 5.85. The van der Waals surface area contributed by atoms with E-state index >= 15 is 0 Å². The van der Waals surface area contributed by atoms with Crippen molar-refractivity contribution >= 4 is 17.7 Å². The number of aryl methyl sites for hydroxylation is 1. The Morgan fingerprint density at radius 3 is 2.80 bits per heavy atom. The van der Waals surface area contributed by atoms with Crippen molar-refractivity contribution in [3.05, 3.63) is 23.8 Å². The van der Waals surface area contributed by atoms with Crippen LogP contribution in [0.15, 0.2) is 23.1 Å². The van der Waals surface area contributed by atoms with Gasteiger partial charge in [-0.2, -0.15) is 0 Å². The summed E-state index contributed by atoms with van der Waals surface area (Å²) in [6.07, 6.45) is 0.935. The predicted molar refractivity (Wildman–Crippen MR) is 60.7 cm³/mol. The molecule has 0 fully saturated rings. The second-order valence-electron chi connectivity index (χ2n) is 3.02. The quantitative estimate of drug-likeness (QED) is 0.783. The molecular weight excluding hydrogens is 212 g/mol. The van der Waals surface area contributed by atoms with Gasteiger partial charge < -0.3 is 9.84 Å². The zero-order valence-corrected chi connectivity index (χ0v) is 9.63. The number of carboxylic acid groups (broad SMARTS) is 1. The van der Waals surface area contributed by atoms with Gasteiger partial charge in [0.2, 0.25) is 0 Å². The first-order valence-corrected chi connectivity index (χ1v) is 5.67. The minimum absolute atomic E-state index is 0.0591. The zero-order chi connectivity index (χ0) is 11.3. The molecule has 15 heavy (non-hydrogen) atoms. The van der Waals surface area contributed by atoms with Crippen LogP contribution in [0.3, 0.4) is 0 Å². The minimum atomic E-state index is -0.816. The average Bonchev–Trinajstić information content (AvgIpc) is 2.25. The number of hydrogen-bond acceptors (Lipinski definition) is 3. The molecule has 1 rings (SSSR count). The van der Waals surface area contributed by atoms with Crippen LogP contribution in [0.4, 0.5) is 0 Å². The van der Waals surface area contributed by atoms with E-state index in [9.17, 15) is 4.79 Å². The van der Waals surface area contributed by atoms with Crippen LogP contribution in [0, 0.1) is 0 Å². The summed E-state index contributed by atoms with van der Waals surface area (Å²) >= 11 is 1.28. The molecule has 0 spiro atoms. The molecule has 0 saturated heterocycles. The van der Waals surface area contributed by atoms with Crippen LogP contribution in [0.2, 0.25) is 0 Å². The third-order valence-electron chi connectivity index (χ3n) is 1.99. The summed E-state index contributed by atoms with van der Waals surface area (Å²) in [5, 5.41) is 8.60. The van der Waals surface area contributed by atoms with Gasteiger partial charge in [-0.25, -0.2) is 0 Å². The van der Waals surface area contributed by atoms with E-state index < -0.39 is 5.97 Å². The van der Waals surface area contributed by atoms with Crippen LogP contribution in [0.1, 0.15) is 12.5 Å². The van der Waals surface area contributed by atoms with Crippen molar-refractivity contribution in [3.8, 4) is 5.75 Å². The molecule has 0 aliphatic carbocycles. The first-order chi connectivity index (χ1) is 7.17. The van der Waals surface area contributed by atoms with Gasteiger partial charge in [-0.15, -0.1) is 11.8 Å². The molecule has 3 nitrogen and oxygen atoms in total. The molecule has 0 bridgehead atoms. The highest BCUT2D eigenvalue weighted by Gasteiger charge is 2.06. The summed E-state index contributed by atoms with van der Waals surface area (Å²) in [7, 11) is 1.59. The molecule has 0 amide bonds. The third kappa shape index (κ3) is 3.47. The fourth-order valence-electron chi connectivity index (χ4n) is 1.19. The van der Waals surface area contributed by atoms with Crippen molar-refractivity contribution in [3.63, 3.8) is 0 Å². The Kier molecular flexibility index (Phi) is 4.49. The Balaban J connectivity index is 2.85. The maximum Gasteiger partial charge on any atom is 0.313 e. The minimum Gasteiger partial charge on any atom is -0.496 e. The molecule has 0 heterocycles. The molecule has 4 heteroatoms. The van der Waals surface area contributed by atoms with Gasteiger partial charge in [-0.05, 0) is 24.1 Å². The molecule has 1 aromatic carbocycles. The normalized spacial score (nSPS) is 10.0. The Bertz CT molecular complexity index is 350. The number of carbonyl (C=O) groups is 1. The fourth-order valence-corrected chi connectivity index (χ4v) is 2.00. The van der Waals surface area contributed by atoms with Crippen molar-refractivity contribution in [2.45, 2.75) is 18.2 Å². The van der Waals surface area contributed by atoms with Gasteiger partial charge in [0.05, 0.1) is 17.8 Å². The lowest BCUT2D eigenvalue weighted by atomic mass is 10.2. The van der Waals surface area contributed by atoms with Gasteiger partial charge in [0.15, 0.2) is 0 Å². The number of carboxylic acids is 1. The molecular formula is C11H14O3S. The van der Waals surface area contributed by atoms with Crippen LogP contribution in [-0.2, 0) is 11.2 Å². The van der Waals surface area contributed by atoms with E-state index in [0.717, 1.165) is 17.1 Å². The van der Waals surface area contributed by atoms with Crippen molar-refractivity contribution in [2.24, 2.45) is 0 Å². The highest BCUT2D eigenvalue weighted by atomic mass is 32.2. The maximum atomic E-state index is 10.5. The maximum absolute atomic E-state index is 10.5. The summed E-state index contributed by atoms with van der Waals surface area (Å²) in [5.74, 6) is -0.0221. The molecule has 0 saturated carbocycles. The Morgan fingerprint density at radius 2 is 2.27 bits per heavy atom. The van der Waals surface area contributed by atoms with E-state index in [0.29, 0.717) is 0 Å². The van der Waals surface area contributed by atoms with Gasteiger partial charge >= 0.3 is 5.97 Å². The van der Waals surface area contributed by atoms with Crippen molar-refractivity contribution in [1.29, 1.82) is 0 Å². The van der Waals surface area contributed by atoms with Gasteiger partial charge in [0.25, 0.3) is 0 Å². The van der Waals surface area contributed by atoms with Crippen LogP contribution in [0.5, 0.6) is 5.75 Å².